The van der Waals surface area contributed by atoms with Gasteiger partial charge in [-0.2, -0.15) is 8.78 Å². The number of carbonyl (C=O) groups excluding carboxylic acids is 2. The fourth-order valence-electron chi connectivity index (χ4n) is 3.31. The van der Waals surface area contributed by atoms with Crippen molar-refractivity contribution in [2.75, 3.05) is 16.9 Å². The number of benzene rings is 2. The summed E-state index contributed by atoms with van der Waals surface area (Å²) in [7, 11) is 0. The molecular weight excluding hydrogens is 456 g/mol. The third-order valence-electron chi connectivity index (χ3n) is 4.85. The summed E-state index contributed by atoms with van der Waals surface area (Å²) in [5.74, 6) is 0.541. The van der Waals surface area contributed by atoms with Crippen molar-refractivity contribution in [2.45, 2.75) is 19.6 Å². The van der Waals surface area contributed by atoms with Crippen molar-refractivity contribution in [2.24, 2.45) is 0 Å². The molecule has 2 heterocycles. The number of aromatic nitrogens is 1. The predicted molar refractivity (Wildman–Crippen MR) is 121 cm³/mol. The fourth-order valence-corrected chi connectivity index (χ4v) is 5.30. The third kappa shape index (κ3) is 4.91. The molecule has 0 unspecified atom stereocenters. The number of halogens is 2. The number of ether oxygens (including phenoxy) is 1. The predicted octanol–water partition coefficient (Wildman–Crippen LogP) is 4.87. The second-order valence-electron chi connectivity index (χ2n) is 6.97. The van der Waals surface area contributed by atoms with Crippen LogP contribution in [0.1, 0.15) is 15.2 Å². The monoisotopic (exact) mass is 475 g/mol. The van der Waals surface area contributed by atoms with E-state index in [1.807, 2.05) is 13.0 Å². The molecule has 2 amide bonds. The number of hydrogen-bond acceptors (Lipinski definition) is 6. The lowest BCUT2D eigenvalue weighted by Gasteiger charge is -2.22. The first-order chi connectivity index (χ1) is 15.4. The van der Waals surface area contributed by atoms with E-state index < -0.39 is 12.7 Å². The first kappa shape index (κ1) is 22.2. The zero-order valence-corrected chi connectivity index (χ0v) is 18.6. The summed E-state index contributed by atoms with van der Waals surface area (Å²) in [5.41, 5.74) is 1.91. The van der Waals surface area contributed by atoms with Gasteiger partial charge in [0.15, 0.2) is 5.13 Å². The highest BCUT2D eigenvalue weighted by Gasteiger charge is 2.35. The summed E-state index contributed by atoms with van der Waals surface area (Å²) < 4.78 is 29.0. The van der Waals surface area contributed by atoms with Crippen molar-refractivity contribution in [3.8, 4) is 17.0 Å². The van der Waals surface area contributed by atoms with Crippen LogP contribution in [0, 0.1) is 6.92 Å². The standard InChI is InChI=1S/C22H19F2N3O3S2/c1-13-18(14-7-9-16(10-8-14)30-21(23)24)25-22(32-13)26-19(28)17-11-31-12-27(17)20(29)15-5-3-2-4-6-15/h2-10,17,21H,11-12H2,1H3,(H,25,26,28)/t17-/m0/s1. The fraction of sp³-hybridized carbons (Fsp3) is 0.227. The number of alkyl halides is 2. The van der Waals surface area contributed by atoms with Crippen LogP contribution in [0.2, 0.25) is 0 Å². The molecule has 1 aliphatic heterocycles. The molecule has 1 N–H and O–H groups in total. The first-order valence-corrected chi connectivity index (χ1v) is 11.7. The van der Waals surface area contributed by atoms with Crippen LogP contribution in [0.25, 0.3) is 11.3 Å². The molecule has 166 valence electrons. The minimum absolute atomic E-state index is 0.0621. The Balaban J connectivity index is 1.46. The Kier molecular flexibility index (Phi) is 6.71. The smallest absolute Gasteiger partial charge is 0.387 e. The lowest BCUT2D eigenvalue weighted by atomic mass is 10.1. The molecular formula is C22H19F2N3O3S2. The van der Waals surface area contributed by atoms with E-state index in [-0.39, 0.29) is 17.6 Å². The number of carbonyl (C=O) groups is 2. The van der Waals surface area contributed by atoms with Crippen LogP contribution in [0.5, 0.6) is 5.75 Å². The van der Waals surface area contributed by atoms with Crippen LogP contribution in [0.15, 0.2) is 54.6 Å². The number of amides is 2. The second kappa shape index (κ2) is 9.66. The maximum atomic E-state index is 12.9. The quantitative estimate of drug-likeness (QED) is 0.551. The van der Waals surface area contributed by atoms with Gasteiger partial charge in [0.1, 0.15) is 11.8 Å². The van der Waals surface area contributed by atoms with E-state index in [0.29, 0.717) is 28.0 Å². The van der Waals surface area contributed by atoms with Crippen molar-refractivity contribution in [1.29, 1.82) is 0 Å². The van der Waals surface area contributed by atoms with Crippen LogP contribution in [0.3, 0.4) is 0 Å². The Bertz CT molecular complexity index is 1110. The number of nitrogens with zero attached hydrogens (tertiary/aromatic N) is 2. The number of rotatable bonds is 6. The Hall–Kier alpha value is -2.98. The van der Waals surface area contributed by atoms with Crippen molar-refractivity contribution >= 4 is 40.0 Å². The van der Waals surface area contributed by atoms with Crippen molar-refractivity contribution < 1.29 is 23.1 Å². The number of nitrogens with one attached hydrogen (secondary N) is 1. The number of anilines is 1. The van der Waals surface area contributed by atoms with Gasteiger partial charge in [0.2, 0.25) is 5.91 Å². The highest BCUT2D eigenvalue weighted by molar-refractivity contribution is 7.99. The maximum absolute atomic E-state index is 12.9. The number of thiazole rings is 1. The Labute approximate surface area is 191 Å². The van der Waals surface area contributed by atoms with Crippen LogP contribution >= 0.6 is 23.1 Å². The average molecular weight is 476 g/mol. The van der Waals surface area contributed by atoms with Crippen LogP contribution < -0.4 is 10.1 Å². The molecule has 0 spiro atoms. The molecule has 0 radical (unpaired) electrons. The van der Waals surface area contributed by atoms with Gasteiger partial charge in [0, 0.05) is 21.8 Å². The van der Waals surface area contributed by atoms with Crippen LogP contribution in [-0.4, -0.2) is 46.0 Å². The van der Waals surface area contributed by atoms with E-state index in [0.717, 1.165) is 10.4 Å². The van der Waals surface area contributed by atoms with Gasteiger partial charge >= 0.3 is 6.61 Å². The van der Waals surface area contributed by atoms with E-state index in [1.165, 1.54) is 35.2 Å². The van der Waals surface area contributed by atoms with Gasteiger partial charge in [-0.15, -0.1) is 23.1 Å². The van der Waals surface area contributed by atoms with E-state index in [9.17, 15) is 18.4 Å². The number of aryl methyl sites for hydroxylation is 1. The molecule has 32 heavy (non-hydrogen) atoms. The van der Waals surface area contributed by atoms with E-state index in [2.05, 4.69) is 15.0 Å². The summed E-state index contributed by atoms with van der Waals surface area (Å²) >= 11 is 2.84. The molecule has 2 aromatic carbocycles. The third-order valence-corrected chi connectivity index (χ3v) is 6.74. The van der Waals surface area contributed by atoms with Gasteiger partial charge in [0.05, 0.1) is 11.6 Å². The summed E-state index contributed by atoms with van der Waals surface area (Å²) in [6.07, 6.45) is 0. The summed E-state index contributed by atoms with van der Waals surface area (Å²) in [5, 5.41) is 3.24. The summed E-state index contributed by atoms with van der Waals surface area (Å²) in [6.45, 7) is -1.02. The highest BCUT2D eigenvalue weighted by Crippen LogP contribution is 2.32. The summed E-state index contributed by atoms with van der Waals surface area (Å²) in [4.78, 5) is 32.7. The zero-order chi connectivity index (χ0) is 22.7. The molecule has 1 saturated heterocycles. The lowest BCUT2D eigenvalue weighted by Crippen LogP contribution is -2.44. The van der Waals surface area contributed by atoms with Gasteiger partial charge in [0.25, 0.3) is 5.91 Å². The van der Waals surface area contributed by atoms with Gasteiger partial charge in [-0.05, 0) is 43.3 Å². The molecule has 6 nitrogen and oxygen atoms in total. The molecule has 0 saturated carbocycles. The highest BCUT2D eigenvalue weighted by atomic mass is 32.2. The molecule has 10 heteroatoms. The molecule has 3 aromatic rings. The number of hydrogen-bond donors (Lipinski definition) is 1. The zero-order valence-electron chi connectivity index (χ0n) is 17.0. The Morgan fingerprint density at radius 1 is 1.16 bits per heavy atom. The van der Waals surface area contributed by atoms with Gasteiger partial charge in [-0.1, -0.05) is 18.2 Å². The molecule has 0 bridgehead atoms. The SMILES string of the molecule is Cc1sc(NC(=O)[C@@H]2CSCN2C(=O)c2ccccc2)nc1-c1ccc(OC(F)F)cc1. The van der Waals surface area contributed by atoms with Crippen molar-refractivity contribution in [3.63, 3.8) is 0 Å². The van der Waals surface area contributed by atoms with E-state index >= 15 is 0 Å². The normalized spacial score (nSPS) is 15.8. The first-order valence-electron chi connectivity index (χ1n) is 9.69. The van der Waals surface area contributed by atoms with Crippen LogP contribution in [-0.2, 0) is 4.79 Å². The lowest BCUT2D eigenvalue weighted by molar-refractivity contribution is -0.119. The van der Waals surface area contributed by atoms with Crippen molar-refractivity contribution in [1.82, 2.24) is 9.88 Å². The minimum Gasteiger partial charge on any atom is -0.435 e. The van der Waals surface area contributed by atoms with Crippen LogP contribution in [0.4, 0.5) is 13.9 Å². The van der Waals surface area contributed by atoms with Crippen molar-refractivity contribution in [3.05, 3.63) is 65.0 Å². The van der Waals surface area contributed by atoms with E-state index in [4.69, 9.17) is 0 Å². The molecule has 1 aromatic heterocycles. The molecule has 1 fully saturated rings. The van der Waals surface area contributed by atoms with Gasteiger partial charge in [-0.25, -0.2) is 4.98 Å². The number of thioether (sulfide) groups is 1. The molecule has 1 aliphatic rings. The minimum atomic E-state index is -2.88. The van der Waals surface area contributed by atoms with E-state index in [1.54, 1.807) is 41.3 Å². The molecule has 4 rings (SSSR count). The largest absolute Gasteiger partial charge is 0.435 e. The summed E-state index contributed by atoms with van der Waals surface area (Å²) in [6, 6.07) is 14.5. The van der Waals surface area contributed by atoms with Gasteiger partial charge < -0.3 is 15.0 Å². The molecule has 0 aliphatic carbocycles. The van der Waals surface area contributed by atoms with Gasteiger partial charge in [-0.3, -0.25) is 9.59 Å². The topological polar surface area (TPSA) is 71.5 Å². The Morgan fingerprint density at radius 3 is 2.56 bits per heavy atom. The average Bonchev–Trinajstić information content (AvgIpc) is 3.41. The molecule has 1 atom stereocenters. The maximum Gasteiger partial charge on any atom is 0.387 e. The Morgan fingerprint density at radius 2 is 1.88 bits per heavy atom. The second-order valence-corrected chi connectivity index (χ2v) is 9.18.